The lowest BCUT2D eigenvalue weighted by atomic mass is 10.3. The Hall–Kier alpha value is -0.0800. The van der Waals surface area contributed by atoms with E-state index in [-0.39, 0.29) is 6.10 Å². The average molecular weight is 88.1 g/mol. The van der Waals surface area contributed by atoms with Crippen molar-refractivity contribution in [3.05, 3.63) is 0 Å². The van der Waals surface area contributed by atoms with E-state index in [0.29, 0.717) is 6.54 Å². The first-order valence-corrected chi connectivity index (χ1v) is 2.21. The molecule has 0 unspecified atom stereocenters. The van der Waals surface area contributed by atoms with Gasteiger partial charge in [-0.15, -0.1) is 0 Å². The highest BCUT2D eigenvalue weighted by atomic mass is 16.3. The fraction of sp³-hybridized carbons (Fsp3) is 1.00. The van der Waals surface area contributed by atoms with Crippen LogP contribution in [0.5, 0.6) is 0 Å². The van der Waals surface area contributed by atoms with Crippen LogP contribution in [-0.4, -0.2) is 24.3 Å². The molecular weight excluding hydrogens is 78.0 g/mol. The van der Waals surface area contributed by atoms with Gasteiger partial charge in [-0.25, -0.2) is 0 Å². The van der Waals surface area contributed by atoms with Crippen LogP contribution < -0.4 is 5.31 Å². The Morgan fingerprint density at radius 3 is 3.00 bits per heavy atom. The van der Waals surface area contributed by atoms with Crippen molar-refractivity contribution in [2.45, 2.75) is 12.5 Å². The van der Waals surface area contributed by atoms with Gasteiger partial charge in [0.15, 0.2) is 0 Å². The van der Waals surface area contributed by atoms with Gasteiger partial charge in [0.2, 0.25) is 0 Å². The summed E-state index contributed by atoms with van der Waals surface area (Å²) < 4.78 is 6.94. The summed E-state index contributed by atoms with van der Waals surface area (Å²) in [5.74, 6) is 0. The number of nitrogens with one attached hydrogen (secondary N) is 1. The second kappa shape index (κ2) is 1.58. The first kappa shape index (κ1) is 2.99. The van der Waals surface area contributed by atoms with Crippen molar-refractivity contribution in [1.82, 2.24) is 5.31 Å². The Morgan fingerprint density at radius 2 is 2.83 bits per heavy atom. The third kappa shape index (κ3) is 0.698. The quantitative estimate of drug-likeness (QED) is 0.412. The molecule has 1 atom stereocenters. The normalized spacial score (nSPS) is 40.2. The SMILES string of the molecule is [2H]N1CC[C@@H](O)C1. The molecule has 0 aromatic rings. The molecule has 1 aliphatic heterocycles. The predicted molar refractivity (Wildman–Crippen MR) is 23.5 cm³/mol. The van der Waals surface area contributed by atoms with Gasteiger partial charge in [-0.2, -0.15) is 0 Å². The van der Waals surface area contributed by atoms with Gasteiger partial charge in [0.05, 0.1) is 6.10 Å². The molecule has 1 rings (SSSR count). The Bertz CT molecular complexity index is 60.7. The first-order valence-electron chi connectivity index (χ1n) is 2.65. The number of hydrogen-bond donors (Lipinski definition) is 2. The maximum absolute atomic E-state index is 8.74. The summed E-state index contributed by atoms with van der Waals surface area (Å²) in [5, 5.41) is 10.1. The van der Waals surface area contributed by atoms with E-state index >= 15 is 0 Å². The van der Waals surface area contributed by atoms with Crippen molar-refractivity contribution in [3.8, 4) is 0 Å². The molecule has 1 aliphatic rings. The minimum absolute atomic E-state index is 0.238. The van der Waals surface area contributed by atoms with E-state index in [1.165, 1.54) is 5.31 Å². The second-order valence-electron chi connectivity index (χ2n) is 1.57. The van der Waals surface area contributed by atoms with Crippen molar-refractivity contribution < 1.29 is 6.52 Å². The highest BCUT2D eigenvalue weighted by molar-refractivity contribution is 4.67. The third-order valence-corrected chi connectivity index (χ3v) is 0.960. The molecule has 2 heteroatoms. The fourth-order valence-electron chi connectivity index (χ4n) is 0.572. The van der Waals surface area contributed by atoms with E-state index in [1.807, 2.05) is 0 Å². The summed E-state index contributed by atoms with van der Waals surface area (Å²) in [5.41, 5.74) is 0. The van der Waals surface area contributed by atoms with Crippen LogP contribution in [0.15, 0.2) is 0 Å². The van der Waals surface area contributed by atoms with Crippen LogP contribution in [-0.2, 0) is 0 Å². The maximum atomic E-state index is 8.74. The Labute approximate surface area is 38.6 Å². The lowest BCUT2D eigenvalue weighted by Gasteiger charge is -1.90. The summed E-state index contributed by atoms with van der Waals surface area (Å²) in [7, 11) is 0. The summed E-state index contributed by atoms with van der Waals surface area (Å²) in [6.07, 6.45) is 0.529. The first-order chi connectivity index (χ1) is 3.29. The Morgan fingerprint density at radius 1 is 2.00 bits per heavy atom. The van der Waals surface area contributed by atoms with Crippen molar-refractivity contribution >= 4 is 0 Å². The van der Waals surface area contributed by atoms with Crippen LogP contribution in [0.3, 0.4) is 0 Å². The van der Waals surface area contributed by atoms with Gasteiger partial charge in [-0.3, -0.25) is 0 Å². The van der Waals surface area contributed by atoms with Crippen LogP contribution in [0.1, 0.15) is 6.42 Å². The molecule has 6 heavy (non-hydrogen) atoms. The summed E-state index contributed by atoms with van der Waals surface area (Å²) in [6, 6.07) is 0. The summed E-state index contributed by atoms with van der Waals surface area (Å²) >= 11 is 0. The lowest BCUT2D eigenvalue weighted by Crippen LogP contribution is -2.11. The van der Waals surface area contributed by atoms with Crippen LogP contribution in [0, 0.1) is 0 Å². The molecule has 0 aromatic heterocycles. The number of aliphatic hydroxyl groups is 1. The molecule has 0 radical (unpaired) electrons. The summed E-state index contributed by atoms with van der Waals surface area (Å²) in [4.78, 5) is 0. The fourth-order valence-corrected chi connectivity index (χ4v) is 0.572. The monoisotopic (exact) mass is 88.1 g/mol. The number of β-amino-alcohol motifs (C(OH)–C–C–N with tert-alkyl or cyclic N) is 1. The van der Waals surface area contributed by atoms with Crippen LogP contribution in [0.25, 0.3) is 0 Å². The smallest absolute Gasteiger partial charge is 0.122 e. The maximum Gasteiger partial charge on any atom is 0.122 e. The van der Waals surface area contributed by atoms with E-state index in [0.717, 1.165) is 13.0 Å². The molecule has 0 aromatic carbocycles. The topological polar surface area (TPSA) is 32.3 Å². The van der Waals surface area contributed by atoms with Crippen LogP contribution in [0.4, 0.5) is 0 Å². The third-order valence-electron chi connectivity index (χ3n) is 0.960. The highest BCUT2D eigenvalue weighted by Gasteiger charge is 2.08. The molecule has 36 valence electrons. The minimum Gasteiger partial charge on any atom is -0.392 e. The van der Waals surface area contributed by atoms with Crippen molar-refractivity contribution in [3.63, 3.8) is 0 Å². The average Bonchev–Trinajstić information content (AvgIpc) is 1.87. The van der Waals surface area contributed by atoms with Gasteiger partial charge in [0, 0.05) is 6.54 Å². The van der Waals surface area contributed by atoms with E-state index in [1.54, 1.807) is 0 Å². The van der Waals surface area contributed by atoms with Gasteiger partial charge < -0.3 is 10.4 Å². The van der Waals surface area contributed by atoms with E-state index in [4.69, 9.17) is 6.52 Å². The number of hydrogen-bond acceptors (Lipinski definition) is 2. The molecule has 1 saturated heterocycles. The number of rotatable bonds is 0. The molecule has 2 nitrogen and oxygen atoms in total. The van der Waals surface area contributed by atoms with Gasteiger partial charge >= 0.3 is 0 Å². The zero-order valence-corrected chi connectivity index (χ0v) is 3.59. The molecule has 0 spiro atoms. The molecule has 2 N–H and O–H groups in total. The summed E-state index contributed by atoms with van der Waals surface area (Å²) in [6.45, 7) is 1.25. The Kier molecular flexibility index (Phi) is 0.787. The molecule has 0 aliphatic carbocycles. The van der Waals surface area contributed by atoms with Gasteiger partial charge in [0.25, 0.3) is 0 Å². The molecule has 0 amide bonds. The zero-order chi connectivity index (χ0) is 5.28. The van der Waals surface area contributed by atoms with Crippen molar-refractivity contribution in [1.29, 1.82) is 0 Å². The molecular formula is C4H9NO. The molecule has 1 heterocycles. The van der Waals surface area contributed by atoms with Crippen LogP contribution >= 0.6 is 0 Å². The van der Waals surface area contributed by atoms with Gasteiger partial charge in [-0.1, -0.05) is 0 Å². The van der Waals surface area contributed by atoms with E-state index < -0.39 is 0 Å². The highest BCUT2D eigenvalue weighted by Crippen LogP contribution is 1.93. The molecule has 0 bridgehead atoms. The minimum atomic E-state index is -0.238. The molecule has 1 fully saturated rings. The predicted octanol–water partition coefficient (Wildman–Crippen LogP) is -0.659. The molecule has 0 saturated carbocycles. The van der Waals surface area contributed by atoms with Crippen LogP contribution in [0.2, 0.25) is 1.41 Å². The second-order valence-corrected chi connectivity index (χ2v) is 1.57. The number of aliphatic hydroxyl groups excluding tert-OH is 1. The van der Waals surface area contributed by atoms with Crippen molar-refractivity contribution in [2.75, 3.05) is 13.1 Å². The Balaban J connectivity index is 2.26. The van der Waals surface area contributed by atoms with Gasteiger partial charge in [-0.05, 0) is 13.0 Å². The van der Waals surface area contributed by atoms with Crippen molar-refractivity contribution in [2.24, 2.45) is 0 Å². The zero-order valence-electron chi connectivity index (χ0n) is 4.59. The standard InChI is InChI=1S/C4H9NO/c6-4-1-2-5-3-4/h4-6H,1-3H2/t4-/m1/s1/i/hD. The van der Waals surface area contributed by atoms with E-state index in [9.17, 15) is 0 Å². The van der Waals surface area contributed by atoms with E-state index in [2.05, 4.69) is 0 Å². The van der Waals surface area contributed by atoms with Gasteiger partial charge in [0.1, 0.15) is 1.41 Å². The largest absolute Gasteiger partial charge is 0.392 e. The lowest BCUT2D eigenvalue weighted by molar-refractivity contribution is 0.196.